The zero-order valence-electron chi connectivity index (χ0n) is 9.50. The van der Waals surface area contributed by atoms with Crippen LogP contribution in [0.4, 0.5) is 0 Å². The van der Waals surface area contributed by atoms with Gasteiger partial charge in [0.15, 0.2) is 0 Å². The fourth-order valence-corrected chi connectivity index (χ4v) is 1.06. The first kappa shape index (κ1) is 11.3. The van der Waals surface area contributed by atoms with Gasteiger partial charge < -0.3 is 14.6 Å². The summed E-state index contributed by atoms with van der Waals surface area (Å²) in [6.07, 6.45) is 1.70. The van der Waals surface area contributed by atoms with E-state index < -0.39 is 0 Å². The normalized spacial score (nSPS) is 12.4. The molecule has 3 nitrogen and oxygen atoms in total. The smallest absolute Gasteiger partial charge is 0.117 e. The molecule has 0 bridgehead atoms. The molecule has 1 heterocycles. The maximum Gasteiger partial charge on any atom is 0.117 e. The molecule has 0 fully saturated rings. The molecular formula is C11H20N2O. The largest absolute Gasteiger partial charge is 0.468 e. The molecule has 0 aliphatic carbocycles. The Morgan fingerprint density at radius 3 is 2.64 bits per heavy atom. The second-order valence-electron chi connectivity index (χ2n) is 4.39. The number of nitrogens with zero attached hydrogens (tertiary/aromatic N) is 1. The lowest BCUT2D eigenvalue weighted by Crippen LogP contribution is -2.46. The van der Waals surface area contributed by atoms with Gasteiger partial charge in [-0.05, 0) is 40.1 Å². The van der Waals surface area contributed by atoms with Crippen molar-refractivity contribution < 1.29 is 4.42 Å². The van der Waals surface area contributed by atoms with E-state index in [9.17, 15) is 0 Å². The monoisotopic (exact) mass is 196 g/mol. The molecule has 0 unspecified atom stereocenters. The Hall–Kier alpha value is -0.800. The predicted molar refractivity (Wildman–Crippen MR) is 58.2 cm³/mol. The van der Waals surface area contributed by atoms with Gasteiger partial charge in [0, 0.05) is 12.1 Å². The van der Waals surface area contributed by atoms with Crippen LogP contribution in [0.25, 0.3) is 0 Å². The summed E-state index contributed by atoms with van der Waals surface area (Å²) in [5, 5.41) is 3.37. The van der Waals surface area contributed by atoms with Gasteiger partial charge in [-0.25, -0.2) is 0 Å². The van der Waals surface area contributed by atoms with E-state index in [4.69, 9.17) is 4.42 Å². The maximum atomic E-state index is 5.23. The van der Waals surface area contributed by atoms with E-state index in [0.29, 0.717) is 0 Å². The SMILES string of the molecule is CN(C)C(C)(C)CNCc1ccco1. The lowest BCUT2D eigenvalue weighted by molar-refractivity contribution is 0.188. The fraction of sp³-hybridized carbons (Fsp3) is 0.636. The van der Waals surface area contributed by atoms with Crippen molar-refractivity contribution in [2.45, 2.75) is 25.9 Å². The van der Waals surface area contributed by atoms with E-state index in [1.165, 1.54) is 0 Å². The van der Waals surface area contributed by atoms with Gasteiger partial charge in [0.2, 0.25) is 0 Å². The Kier molecular flexibility index (Phi) is 3.72. The molecule has 0 spiro atoms. The Morgan fingerprint density at radius 2 is 2.14 bits per heavy atom. The van der Waals surface area contributed by atoms with Crippen LogP contribution in [-0.4, -0.2) is 31.1 Å². The van der Waals surface area contributed by atoms with Gasteiger partial charge in [0.25, 0.3) is 0 Å². The van der Waals surface area contributed by atoms with Crippen LogP contribution in [0, 0.1) is 0 Å². The van der Waals surface area contributed by atoms with E-state index in [1.54, 1.807) is 6.26 Å². The Labute approximate surface area is 86.1 Å². The minimum absolute atomic E-state index is 0.173. The summed E-state index contributed by atoms with van der Waals surface area (Å²) in [5.41, 5.74) is 0.173. The van der Waals surface area contributed by atoms with Gasteiger partial charge in [-0.2, -0.15) is 0 Å². The second-order valence-corrected chi connectivity index (χ2v) is 4.39. The van der Waals surface area contributed by atoms with Crippen molar-refractivity contribution in [1.29, 1.82) is 0 Å². The van der Waals surface area contributed by atoms with Crippen molar-refractivity contribution in [1.82, 2.24) is 10.2 Å². The number of nitrogens with one attached hydrogen (secondary N) is 1. The standard InChI is InChI=1S/C11H20N2O/c1-11(2,13(3)4)9-12-8-10-6-5-7-14-10/h5-7,12H,8-9H2,1-4H3. The zero-order chi connectivity index (χ0) is 10.6. The van der Waals surface area contributed by atoms with Crippen LogP contribution in [0.5, 0.6) is 0 Å². The van der Waals surface area contributed by atoms with Crippen molar-refractivity contribution in [3.8, 4) is 0 Å². The Balaban J connectivity index is 2.28. The van der Waals surface area contributed by atoms with Gasteiger partial charge in [-0.1, -0.05) is 0 Å². The number of hydrogen-bond donors (Lipinski definition) is 1. The topological polar surface area (TPSA) is 28.4 Å². The summed E-state index contributed by atoms with van der Waals surface area (Å²) in [6, 6.07) is 3.89. The number of rotatable bonds is 5. The Morgan fingerprint density at radius 1 is 1.43 bits per heavy atom. The lowest BCUT2D eigenvalue weighted by atomic mass is 10.0. The average Bonchev–Trinajstić information content (AvgIpc) is 2.56. The zero-order valence-corrected chi connectivity index (χ0v) is 9.50. The van der Waals surface area contributed by atoms with E-state index in [-0.39, 0.29) is 5.54 Å². The van der Waals surface area contributed by atoms with Crippen molar-refractivity contribution in [3.63, 3.8) is 0 Å². The van der Waals surface area contributed by atoms with Crippen LogP contribution in [0.2, 0.25) is 0 Å². The molecule has 14 heavy (non-hydrogen) atoms. The molecular weight excluding hydrogens is 176 g/mol. The summed E-state index contributed by atoms with van der Waals surface area (Å²) in [5.74, 6) is 0.986. The molecule has 0 saturated heterocycles. The second kappa shape index (κ2) is 4.62. The van der Waals surface area contributed by atoms with E-state index in [1.807, 2.05) is 12.1 Å². The molecule has 0 radical (unpaired) electrons. The first-order valence-electron chi connectivity index (χ1n) is 4.93. The highest BCUT2D eigenvalue weighted by Gasteiger charge is 2.19. The number of furan rings is 1. The first-order chi connectivity index (χ1) is 6.52. The lowest BCUT2D eigenvalue weighted by Gasteiger charge is -2.32. The molecule has 1 rings (SSSR count). The molecule has 0 aliphatic rings. The van der Waals surface area contributed by atoms with Crippen LogP contribution >= 0.6 is 0 Å². The van der Waals surface area contributed by atoms with Crippen molar-refractivity contribution in [2.75, 3.05) is 20.6 Å². The third kappa shape index (κ3) is 3.16. The highest BCUT2D eigenvalue weighted by molar-refractivity contribution is 4.97. The maximum absolute atomic E-state index is 5.23. The van der Waals surface area contributed by atoms with Gasteiger partial charge in [-0.15, -0.1) is 0 Å². The molecule has 1 N–H and O–H groups in total. The summed E-state index contributed by atoms with van der Waals surface area (Å²) in [4.78, 5) is 2.21. The molecule has 80 valence electrons. The summed E-state index contributed by atoms with van der Waals surface area (Å²) >= 11 is 0. The highest BCUT2D eigenvalue weighted by atomic mass is 16.3. The van der Waals surface area contributed by atoms with Gasteiger partial charge >= 0.3 is 0 Å². The van der Waals surface area contributed by atoms with Gasteiger partial charge in [-0.3, -0.25) is 0 Å². The molecule has 0 atom stereocenters. The number of likely N-dealkylation sites (N-methyl/N-ethyl adjacent to an activating group) is 1. The van der Waals surface area contributed by atoms with Crippen LogP contribution in [-0.2, 0) is 6.54 Å². The minimum atomic E-state index is 0.173. The fourth-order valence-electron chi connectivity index (χ4n) is 1.06. The summed E-state index contributed by atoms with van der Waals surface area (Å²) in [7, 11) is 4.18. The summed E-state index contributed by atoms with van der Waals surface area (Å²) in [6.45, 7) is 6.16. The minimum Gasteiger partial charge on any atom is -0.468 e. The summed E-state index contributed by atoms with van der Waals surface area (Å²) < 4.78 is 5.23. The van der Waals surface area contributed by atoms with Gasteiger partial charge in [0.1, 0.15) is 5.76 Å². The van der Waals surface area contributed by atoms with E-state index in [0.717, 1.165) is 18.8 Å². The van der Waals surface area contributed by atoms with E-state index in [2.05, 4.69) is 38.2 Å². The molecule has 0 aliphatic heterocycles. The first-order valence-corrected chi connectivity index (χ1v) is 4.93. The third-order valence-electron chi connectivity index (χ3n) is 2.65. The highest BCUT2D eigenvalue weighted by Crippen LogP contribution is 2.08. The van der Waals surface area contributed by atoms with Crippen LogP contribution < -0.4 is 5.32 Å². The number of hydrogen-bond acceptors (Lipinski definition) is 3. The van der Waals surface area contributed by atoms with Crippen LogP contribution in [0.15, 0.2) is 22.8 Å². The molecule has 3 heteroatoms. The van der Waals surface area contributed by atoms with E-state index >= 15 is 0 Å². The van der Waals surface area contributed by atoms with Crippen molar-refractivity contribution in [2.24, 2.45) is 0 Å². The molecule has 0 amide bonds. The van der Waals surface area contributed by atoms with Crippen molar-refractivity contribution in [3.05, 3.63) is 24.2 Å². The average molecular weight is 196 g/mol. The predicted octanol–water partition coefficient (Wildman–Crippen LogP) is 1.71. The van der Waals surface area contributed by atoms with Gasteiger partial charge in [0.05, 0.1) is 12.8 Å². The Bertz CT molecular complexity index is 252. The van der Waals surface area contributed by atoms with Crippen LogP contribution in [0.3, 0.4) is 0 Å². The third-order valence-corrected chi connectivity index (χ3v) is 2.65. The van der Waals surface area contributed by atoms with Crippen molar-refractivity contribution >= 4 is 0 Å². The van der Waals surface area contributed by atoms with Crippen LogP contribution in [0.1, 0.15) is 19.6 Å². The quantitative estimate of drug-likeness (QED) is 0.777. The molecule has 0 saturated carbocycles. The molecule has 1 aromatic rings. The molecule has 1 aromatic heterocycles. The molecule has 0 aromatic carbocycles.